The van der Waals surface area contributed by atoms with E-state index in [1.54, 1.807) is 66.5 Å². The highest BCUT2D eigenvalue weighted by Crippen LogP contribution is 2.30. The van der Waals surface area contributed by atoms with E-state index in [0.717, 1.165) is 0 Å². The van der Waals surface area contributed by atoms with Gasteiger partial charge in [-0.05, 0) is 42.8 Å². The minimum atomic E-state index is -0.456. The molecule has 0 saturated heterocycles. The van der Waals surface area contributed by atoms with Gasteiger partial charge in [0.2, 0.25) is 11.8 Å². The number of pyridine rings is 2. The summed E-state index contributed by atoms with van der Waals surface area (Å²) >= 11 is 0. The maximum absolute atomic E-state index is 13.6. The van der Waals surface area contributed by atoms with Crippen molar-refractivity contribution < 1.29 is 23.8 Å². The van der Waals surface area contributed by atoms with E-state index in [2.05, 4.69) is 9.97 Å². The van der Waals surface area contributed by atoms with Crippen molar-refractivity contribution in [3.05, 3.63) is 78.0 Å². The lowest BCUT2D eigenvalue weighted by atomic mass is 9.99. The lowest BCUT2D eigenvalue weighted by Gasteiger charge is -2.37. The molecule has 0 spiro atoms. The number of rotatable bonds is 7. The summed E-state index contributed by atoms with van der Waals surface area (Å²) in [7, 11) is 1.71. The SMILES string of the molecule is C[C@@H]1CN([C@H](C)CO)C(=O)c2cc(-c3ccc(F)cc3)cnc2O[C@H]1CN(C)C(=O)Cc1ccccn1. The molecule has 1 aliphatic rings. The molecule has 4 rings (SSSR count). The van der Waals surface area contributed by atoms with Gasteiger partial charge < -0.3 is 19.6 Å². The van der Waals surface area contributed by atoms with Gasteiger partial charge in [0.25, 0.3) is 5.91 Å². The summed E-state index contributed by atoms with van der Waals surface area (Å²) in [6.45, 7) is 4.13. The third-order valence-electron chi connectivity index (χ3n) is 6.64. The smallest absolute Gasteiger partial charge is 0.259 e. The van der Waals surface area contributed by atoms with Crippen LogP contribution in [0.2, 0.25) is 0 Å². The summed E-state index contributed by atoms with van der Waals surface area (Å²) in [6, 6.07) is 12.6. The Balaban J connectivity index is 1.63. The Morgan fingerprint density at radius 3 is 2.65 bits per heavy atom. The lowest BCUT2D eigenvalue weighted by molar-refractivity contribution is -0.130. The van der Waals surface area contributed by atoms with Gasteiger partial charge in [-0.25, -0.2) is 9.37 Å². The van der Waals surface area contributed by atoms with Crippen LogP contribution < -0.4 is 4.74 Å². The molecule has 2 amide bonds. The van der Waals surface area contributed by atoms with E-state index in [0.29, 0.717) is 23.4 Å². The molecule has 0 aliphatic carbocycles. The summed E-state index contributed by atoms with van der Waals surface area (Å²) in [5.74, 6) is -0.766. The Morgan fingerprint density at radius 2 is 1.97 bits per heavy atom. The molecular formula is C28H31FN4O4. The van der Waals surface area contributed by atoms with Crippen LogP contribution in [-0.4, -0.2) is 75.6 Å². The van der Waals surface area contributed by atoms with Crippen LogP contribution in [0.4, 0.5) is 4.39 Å². The van der Waals surface area contributed by atoms with Gasteiger partial charge in [0.05, 0.1) is 25.6 Å². The van der Waals surface area contributed by atoms with Gasteiger partial charge in [-0.3, -0.25) is 14.6 Å². The maximum atomic E-state index is 13.6. The summed E-state index contributed by atoms with van der Waals surface area (Å²) < 4.78 is 19.7. The van der Waals surface area contributed by atoms with Crippen LogP contribution in [0.25, 0.3) is 11.1 Å². The summed E-state index contributed by atoms with van der Waals surface area (Å²) in [4.78, 5) is 38.4. The average molecular weight is 507 g/mol. The highest BCUT2D eigenvalue weighted by atomic mass is 19.1. The fraction of sp³-hybridized carbons (Fsp3) is 0.357. The maximum Gasteiger partial charge on any atom is 0.259 e. The quantitative estimate of drug-likeness (QED) is 0.529. The van der Waals surface area contributed by atoms with Gasteiger partial charge in [0.15, 0.2) is 0 Å². The minimum absolute atomic E-state index is 0.104. The number of carbonyl (C=O) groups is 2. The van der Waals surface area contributed by atoms with E-state index in [9.17, 15) is 19.1 Å². The Bertz CT molecular complexity index is 1240. The monoisotopic (exact) mass is 506 g/mol. The zero-order valence-corrected chi connectivity index (χ0v) is 21.2. The largest absolute Gasteiger partial charge is 0.472 e. The fourth-order valence-corrected chi connectivity index (χ4v) is 4.28. The lowest BCUT2D eigenvalue weighted by Crippen LogP contribution is -2.50. The van der Waals surface area contributed by atoms with Crippen LogP contribution in [0.1, 0.15) is 29.9 Å². The number of aromatic nitrogens is 2. The van der Waals surface area contributed by atoms with E-state index < -0.39 is 12.1 Å². The Morgan fingerprint density at radius 1 is 1.22 bits per heavy atom. The number of carbonyl (C=O) groups excluding carboxylic acids is 2. The molecule has 1 aromatic carbocycles. The van der Waals surface area contributed by atoms with Gasteiger partial charge >= 0.3 is 0 Å². The number of benzene rings is 1. The molecule has 1 aliphatic heterocycles. The predicted molar refractivity (Wildman–Crippen MR) is 136 cm³/mol. The first kappa shape index (κ1) is 26.2. The van der Waals surface area contributed by atoms with Crippen LogP contribution in [0.15, 0.2) is 60.9 Å². The van der Waals surface area contributed by atoms with Gasteiger partial charge in [0.1, 0.15) is 17.5 Å². The van der Waals surface area contributed by atoms with E-state index in [4.69, 9.17) is 4.74 Å². The van der Waals surface area contributed by atoms with Crippen molar-refractivity contribution in [2.45, 2.75) is 32.4 Å². The third kappa shape index (κ3) is 6.11. The molecule has 0 bridgehead atoms. The summed E-state index contributed by atoms with van der Waals surface area (Å²) in [6.07, 6.45) is 2.94. The van der Waals surface area contributed by atoms with Crippen LogP contribution in [0.5, 0.6) is 5.88 Å². The van der Waals surface area contributed by atoms with E-state index in [-0.39, 0.29) is 54.6 Å². The second-order valence-electron chi connectivity index (χ2n) is 9.48. The van der Waals surface area contributed by atoms with Crippen molar-refractivity contribution >= 4 is 11.8 Å². The molecule has 3 aromatic rings. The van der Waals surface area contributed by atoms with E-state index >= 15 is 0 Å². The number of aliphatic hydroxyl groups is 1. The van der Waals surface area contributed by atoms with Gasteiger partial charge in [0, 0.05) is 43.2 Å². The average Bonchev–Trinajstić information content (AvgIpc) is 2.91. The second kappa shape index (κ2) is 11.5. The molecule has 1 N–H and O–H groups in total. The molecule has 3 atom stereocenters. The number of fused-ring (bicyclic) bond motifs is 1. The molecule has 0 unspecified atom stereocenters. The number of halogens is 1. The first-order chi connectivity index (χ1) is 17.8. The molecule has 9 heteroatoms. The number of aliphatic hydroxyl groups excluding tert-OH is 1. The molecule has 3 heterocycles. The predicted octanol–water partition coefficient (Wildman–Crippen LogP) is 3.20. The standard InChI is InChI=1S/C28H31FN4O4/c1-18-15-33(19(2)17-34)28(36)24-12-21(20-7-9-22(29)10-8-20)14-31-27(24)37-25(18)16-32(3)26(35)13-23-6-4-5-11-30-23/h4-12,14,18-19,25,34H,13,15-17H2,1-3H3/t18-,19-,25+/m1/s1. The molecule has 0 fully saturated rings. The minimum Gasteiger partial charge on any atom is -0.472 e. The number of amides is 2. The second-order valence-corrected chi connectivity index (χ2v) is 9.48. The topological polar surface area (TPSA) is 95.9 Å². The number of ether oxygens (including phenoxy) is 1. The van der Waals surface area contributed by atoms with Crippen molar-refractivity contribution in [2.24, 2.45) is 5.92 Å². The van der Waals surface area contributed by atoms with Crippen molar-refractivity contribution in [1.82, 2.24) is 19.8 Å². The first-order valence-corrected chi connectivity index (χ1v) is 12.2. The van der Waals surface area contributed by atoms with Crippen molar-refractivity contribution in [1.29, 1.82) is 0 Å². The zero-order chi connectivity index (χ0) is 26.5. The molecular weight excluding hydrogens is 475 g/mol. The molecule has 8 nitrogen and oxygen atoms in total. The van der Waals surface area contributed by atoms with Gasteiger partial charge in [-0.1, -0.05) is 25.1 Å². The zero-order valence-electron chi connectivity index (χ0n) is 21.2. The Hall–Kier alpha value is -3.85. The molecule has 2 aromatic heterocycles. The number of nitrogens with zero attached hydrogens (tertiary/aromatic N) is 4. The van der Waals surface area contributed by atoms with Crippen molar-refractivity contribution in [3.8, 4) is 17.0 Å². The number of likely N-dealkylation sites (N-methyl/N-ethyl adjacent to an activating group) is 1. The molecule has 0 saturated carbocycles. The highest BCUT2D eigenvalue weighted by molar-refractivity contribution is 5.98. The summed E-state index contributed by atoms with van der Waals surface area (Å²) in [5.41, 5.74) is 2.28. The van der Waals surface area contributed by atoms with E-state index in [1.165, 1.54) is 12.1 Å². The fourth-order valence-electron chi connectivity index (χ4n) is 4.28. The summed E-state index contributed by atoms with van der Waals surface area (Å²) in [5, 5.41) is 9.85. The van der Waals surface area contributed by atoms with Crippen LogP contribution >= 0.6 is 0 Å². The first-order valence-electron chi connectivity index (χ1n) is 12.2. The Kier molecular flexibility index (Phi) is 8.13. The van der Waals surface area contributed by atoms with Crippen LogP contribution in [0, 0.1) is 11.7 Å². The Labute approximate surface area is 215 Å². The number of hydrogen-bond acceptors (Lipinski definition) is 6. The molecule has 37 heavy (non-hydrogen) atoms. The number of hydrogen-bond donors (Lipinski definition) is 1. The molecule has 0 radical (unpaired) electrons. The van der Waals surface area contributed by atoms with Gasteiger partial charge in [-0.2, -0.15) is 0 Å². The normalized spacial score (nSPS) is 18.3. The third-order valence-corrected chi connectivity index (χ3v) is 6.64. The van der Waals surface area contributed by atoms with E-state index in [1.807, 2.05) is 13.0 Å². The highest BCUT2D eigenvalue weighted by Gasteiger charge is 2.34. The molecule has 194 valence electrons. The van der Waals surface area contributed by atoms with Crippen molar-refractivity contribution in [2.75, 3.05) is 26.7 Å². The van der Waals surface area contributed by atoms with Gasteiger partial charge in [-0.15, -0.1) is 0 Å². The van der Waals surface area contributed by atoms with Crippen LogP contribution in [0.3, 0.4) is 0 Å². The van der Waals surface area contributed by atoms with Crippen LogP contribution in [-0.2, 0) is 11.2 Å². The van der Waals surface area contributed by atoms with Crippen molar-refractivity contribution in [3.63, 3.8) is 0 Å².